The van der Waals surface area contributed by atoms with Crippen LogP contribution in [0.25, 0.3) is 0 Å². The predicted octanol–water partition coefficient (Wildman–Crippen LogP) is 5.11. The van der Waals surface area contributed by atoms with E-state index in [9.17, 15) is 28.1 Å². The number of piperidine rings is 1. The number of nitro groups is 1. The van der Waals surface area contributed by atoms with Gasteiger partial charge < -0.3 is 9.80 Å². The number of anilines is 2. The van der Waals surface area contributed by atoms with Crippen LogP contribution in [0.1, 0.15) is 29.5 Å². The van der Waals surface area contributed by atoms with Gasteiger partial charge in [0.25, 0.3) is 5.69 Å². The Morgan fingerprint density at radius 3 is 2.39 bits per heavy atom. The van der Waals surface area contributed by atoms with Gasteiger partial charge >= 0.3 is 6.18 Å². The SMILES string of the molecule is Cc1cccc(N(C)C(=O)C2CCN(c3ccc(C(F)(F)F)cc3[N+](=O)[O-])CC2)c1C. The maximum absolute atomic E-state index is 13.0. The van der Waals surface area contributed by atoms with Crippen molar-refractivity contribution >= 4 is 23.0 Å². The second-order valence-corrected chi connectivity index (χ2v) is 7.84. The van der Waals surface area contributed by atoms with Crippen molar-refractivity contribution in [1.82, 2.24) is 0 Å². The molecule has 0 N–H and O–H groups in total. The first kappa shape index (κ1) is 22.6. The highest BCUT2D eigenvalue weighted by Crippen LogP contribution is 2.38. The number of carbonyl (C=O) groups excluding carboxylic acids is 1. The molecule has 1 amide bonds. The molecule has 1 saturated heterocycles. The van der Waals surface area contributed by atoms with Crippen LogP contribution in [0, 0.1) is 29.9 Å². The van der Waals surface area contributed by atoms with Crippen molar-refractivity contribution in [3.8, 4) is 0 Å². The molecule has 3 rings (SSSR count). The minimum atomic E-state index is -4.65. The first-order valence-corrected chi connectivity index (χ1v) is 9.95. The van der Waals surface area contributed by atoms with Gasteiger partial charge in [0, 0.05) is 37.8 Å². The molecular formula is C22H24F3N3O3. The fourth-order valence-corrected chi connectivity index (χ4v) is 3.97. The Kier molecular flexibility index (Phi) is 6.24. The molecule has 0 atom stereocenters. The molecule has 0 radical (unpaired) electrons. The Labute approximate surface area is 178 Å². The lowest BCUT2D eigenvalue weighted by molar-refractivity contribution is -0.384. The summed E-state index contributed by atoms with van der Waals surface area (Å²) in [4.78, 5) is 26.9. The summed E-state index contributed by atoms with van der Waals surface area (Å²) in [6.07, 6.45) is -3.72. The minimum absolute atomic E-state index is 0.0322. The Hall–Kier alpha value is -3.10. The number of nitro benzene ring substituents is 1. The fraction of sp³-hybridized carbons (Fsp3) is 0.409. The standard InChI is InChI=1S/C22H24F3N3O3/c1-14-5-4-6-18(15(14)2)26(3)21(29)16-9-11-27(12-10-16)19-8-7-17(22(23,24)25)13-20(19)28(30)31/h4-8,13,16H,9-12H2,1-3H3. The molecule has 6 nitrogen and oxygen atoms in total. The maximum Gasteiger partial charge on any atom is 0.416 e. The third kappa shape index (κ3) is 4.65. The maximum atomic E-state index is 13.0. The van der Waals surface area contributed by atoms with E-state index >= 15 is 0 Å². The lowest BCUT2D eigenvalue weighted by Gasteiger charge is -2.34. The summed E-state index contributed by atoms with van der Waals surface area (Å²) in [7, 11) is 1.73. The highest BCUT2D eigenvalue weighted by molar-refractivity contribution is 5.95. The summed E-state index contributed by atoms with van der Waals surface area (Å²) in [6.45, 7) is 4.64. The molecule has 166 valence electrons. The van der Waals surface area contributed by atoms with Gasteiger partial charge in [0.05, 0.1) is 10.5 Å². The van der Waals surface area contributed by atoms with Gasteiger partial charge in [-0.05, 0) is 56.0 Å². The van der Waals surface area contributed by atoms with E-state index in [1.807, 2.05) is 32.0 Å². The molecule has 0 saturated carbocycles. The van der Waals surface area contributed by atoms with Gasteiger partial charge in [-0.3, -0.25) is 14.9 Å². The van der Waals surface area contributed by atoms with Crippen LogP contribution in [0.2, 0.25) is 0 Å². The van der Waals surface area contributed by atoms with Crippen LogP contribution in [0.3, 0.4) is 0 Å². The lowest BCUT2D eigenvalue weighted by Crippen LogP contribution is -2.41. The second kappa shape index (κ2) is 8.56. The predicted molar refractivity (Wildman–Crippen MR) is 112 cm³/mol. The summed E-state index contributed by atoms with van der Waals surface area (Å²) in [5.74, 6) is -0.287. The molecule has 0 spiro atoms. The van der Waals surface area contributed by atoms with Crippen molar-refractivity contribution in [2.75, 3.05) is 29.9 Å². The van der Waals surface area contributed by atoms with E-state index in [1.54, 1.807) is 16.8 Å². The molecule has 0 bridgehead atoms. The van der Waals surface area contributed by atoms with Gasteiger partial charge in [0.2, 0.25) is 5.91 Å². The van der Waals surface area contributed by atoms with Crippen LogP contribution < -0.4 is 9.80 Å². The number of rotatable bonds is 4. The van der Waals surface area contributed by atoms with E-state index in [4.69, 9.17) is 0 Å². The zero-order valence-corrected chi connectivity index (χ0v) is 17.6. The topological polar surface area (TPSA) is 66.7 Å². The zero-order chi connectivity index (χ0) is 22.9. The van der Waals surface area contributed by atoms with Crippen molar-refractivity contribution in [3.05, 3.63) is 63.2 Å². The van der Waals surface area contributed by atoms with Gasteiger partial charge in [-0.2, -0.15) is 13.2 Å². The van der Waals surface area contributed by atoms with Gasteiger partial charge in [0.15, 0.2) is 0 Å². The van der Waals surface area contributed by atoms with E-state index < -0.39 is 22.4 Å². The van der Waals surface area contributed by atoms with Crippen LogP contribution >= 0.6 is 0 Å². The van der Waals surface area contributed by atoms with Crippen LogP contribution in [0.15, 0.2) is 36.4 Å². The van der Waals surface area contributed by atoms with Gasteiger partial charge in [0.1, 0.15) is 5.69 Å². The Balaban J connectivity index is 1.74. The molecule has 9 heteroatoms. The van der Waals surface area contributed by atoms with Crippen molar-refractivity contribution < 1.29 is 22.9 Å². The summed E-state index contributed by atoms with van der Waals surface area (Å²) >= 11 is 0. The van der Waals surface area contributed by atoms with Gasteiger partial charge in [-0.25, -0.2) is 0 Å². The second-order valence-electron chi connectivity index (χ2n) is 7.84. The molecule has 31 heavy (non-hydrogen) atoms. The van der Waals surface area contributed by atoms with Crippen LogP contribution in [0.4, 0.5) is 30.2 Å². The van der Waals surface area contributed by atoms with Crippen molar-refractivity contribution in [2.45, 2.75) is 32.9 Å². The quantitative estimate of drug-likeness (QED) is 0.495. The van der Waals surface area contributed by atoms with Crippen molar-refractivity contribution in [2.24, 2.45) is 5.92 Å². The third-order valence-corrected chi connectivity index (χ3v) is 5.95. The minimum Gasteiger partial charge on any atom is -0.366 e. The number of amides is 1. The summed E-state index contributed by atoms with van der Waals surface area (Å²) in [6, 6.07) is 8.33. The van der Waals surface area contributed by atoms with Gasteiger partial charge in [-0.15, -0.1) is 0 Å². The molecule has 1 heterocycles. The summed E-state index contributed by atoms with van der Waals surface area (Å²) < 4.78 is 38.8. The van der Waals surface area contributed by atoms with Crippen molar-refractivity contribution in [1.29, 1.82) is 0 Å². The average molecular weight is 435 g/mol. The molecule has 0 unspecified atom stereocenters. The fourth-order valence-electron chi connectivity index (χ4n) is 3.97. The van der Waals surface area contributed by atoms with E-state index in [1.165, 1.54) is 0 Å². The van der Waals surface area contributed by atoms with E-state index in [0.717, 1.165) is 28.9 Å². The number of hydrogen-bond donors (Lipinski definition) is 0. The highest BCUT2D eigenvalue weighted by Gasteiger charge is 2.35. The molecule has 2 aromatic rings. The number of aryl methyl sites for hydroxylation is 1. The molecular weight excluding hydrogens is 411 g/mol. The Bertz CT molecular complexity index is 999. The average Bonchev–Trinajstić information content (AvgIpc) is 2.73. The number of carbonyl (C=O) groups is 1. The zero-order valence-electron chi connectivity index (χ0n) is 17.6. The number of halogens is 3. The number of benzene rings is 2. The monoisotopic (exact) mass is 435 g/mol. The van der Waals surface area contributed by atoms with Crippen molar-refractivity contribution in [3.63, 3.8) is 0 Å². The first-order chi connectivity index (χ1) is 14.5. The molecule has 1 fully saturated rings. The normalized spacial score (nSPS) is 15.1. The molecule has 1 aliphatic heterocycles. The van der Waals surface area contributed by atoms with E-state index in [0.29, 0.717) is 32.0 Å². The molecule has 0 aromatic heterocycles. The van der Waals surface area contributed by atoms with Gasteiger partial charge in [-0.1, -0.05) is 12.1 Å². The molecule has 1 aliphatic rings. The first-order valence-electron chi connectivity index (χ1n) is 9.95. The summed E-state index contributed by atoms with van der Waals surface area (Å²) in [5.41, 5.74) is 1.46. The molecule has 0 aliphatic carbocycles. The van der Waals surface area contributed by atoms with Crippen LogP contribution in [-0.4, -0.2) is 31.0 Å². The lowest BCUT2D eigenvalue weighted by atomic mass is 9.94. The Morgan fingerprint density at radius 1 is 1.16 bits per heavy atom. The largest absolute Gasteiger partial charge is 0.416 e. The van der Waals surface area contributed by atoms with E-state index in [2.05, 4.69) is 0 Å². The van der Waals surface area contributed by atoms with Crippen LogP contribution in [-0.2, 0) is 11.0 Å². The summed E-state index contributed by atoms with van der Waals surface area (Å²) in [5, 5.41) is 11.4. The Morgan fingerprint density at radius 2 is 1.81 bits per heavy atom. The highest BCUT2D eigenvalue weighted by atomic mass is 19.4. The van der Waals surface area contributed by atoms with E-state index in [-0.39, 0.29) is 17.5 Å². The number of alkyl halides is 3. The smallest absolute Gasteiger partial charge is 0.366 e. The molecule has 2 aromatic carbocycles. The number of hydrogen-bond acceptors (Lipinski definition) is 4. The van der Waals surface area contributed by atoms with Crippen LogP contribution in [0.5, 0.6) is 0 Å². The number of nitrogens with zero attached hydrogens (tertiary/aromatic N) is 3. The third-order valence-electron chi connectivity index (χ3n) is 5.95.